The highest BCUT2D eigenvalue weighted by atomic mass is 35.5. The molecule has 8 heteroatoms. The van der Waals surface area contributed by atoms with Gasteiger partial charge in [0.2, 0.25) is 0 Å². The topological polar surface area (TPSA) is 82.3 Å². The van der Waals surface area contributed by atoms with Crippen molar-refractivity contribution >= 4 is 46.6 Å². The number of anilines is 2. The highest BCUT2D eigenvalue weighted by Gasteiger charge is 2.02. The zero-order valence-electron chi connectivity index (χ0n) is 18.3. The molecule has 0 atom stereocenters. The van der Waals surface area contributed by atoms with Crippen molar-refractivity contribution in [1.82, 2.24) is 10.6 Å². The van der Waals surface area contributed by atoms with Crippen LogP contribution < -0.4 is 21.3 Å². The number of nitrogens with one attached hydrogen (secondary N) is 4. The molecular formula is C24H32Cl2N4O2. The van der Waals surface area contributed by atoms with E-state index in [1.54, 1.807) is 48.5 Å². The second-order valence-electron chi connectivity index (χ2n) is 7.61. The maximum absolute atomic E-state index is 11.8. The van der Waals surface area contributed by atoms with E-state index >= 15 is 0 Å². The molecule has 32 heavy (non-hydrogen) atoms. The number of benzene rings is 2. The average molecular weight is 479 g/mol. The molecular weight excluding hydrogens is 447 g/mol. The Hall–Kier alpha value is -2.44. The molecule has 0 radical (unpaired) electrons. The minimum Gasteiger partial charge on any atom is -0.338 e. The fourth-order valence-corrected chi connectivity index (χ4v) is 3.58. The summed E-state index contributed by atoms with van der Waals surface area (Å²) < 4.78 is 0. The molecule has 0 unspecified atom stereocenters. The maximum atomic E-state index is 11.8. The maximum Gasteiger partial charge on any atom is 0.319 e. The third-order valence-electron chi connectivity index (χ3n) is 4.84. The summed E-state index contributed by atoms with van der Waals surface area (Å²) in [7, 11) is 0. The third-order valence-corrected chi connectivity index (χ3v) is 5.31. The summed E-state index contributed by atoms with van der Waals surface area (Å²) in [5.41, 5.74) is 1.37. The first-order valence-corrected chi connectivity index (χ1v) is 11.9. The molecule has 0 fully saturated rings. The van der Waals surface area contributed by atoms with E-state index in [1.165, 1.54) is 12.8 Å². The van der Waals surface area contributed by atoms with E-state index in [4.69, 9.17) is 23.2 Å². The largest absolute Gasteiger partial charge is 0.338 e. The summed E-state index contributed by atoms with van der Waals surface area (Å²) in [5, 5.41) is 12.5. The number of carbonyl (C=O) groups excluding carboxylic acids is 2. The van der Waals surface area contributed by atoms with Gasteiger partial charge in [-0.2, -0.15) is 0 Å². The highest BCUT2D eigenvalue weighted by Crippen LogP contribution is 2.15. The molecule has 0 aliphatic carbocycles. The van der Waals surface area contributed by atoms with E-state index in [2.05, 4.69) is 21.3 Å². The van der Waals surface area contributed by atoms with Gasteiger partial charge in [0.25, 0.3) is 0 Å². The zero-order valence-corrected chi connectivity index (χ0v) is 19.8. The van der Waals surface area contributed by atoms with Crippen LogP contribution in [0.3, 0.4) is 0 Å². The van der Waals surface area contributed by atoms with Crippen molar-refractivity contribution in [3.8, 4) is 0 Å². The van der Waals surface area contributed by atoms with Crippen LogP contribution >= 0.6 is 23.2 Å². The Morgan fingerprint density at radius 2 is 0.969 bits per heavy atom. The van der Waals surface area contributed by atoms with Gasteiger partial charge in [-0.15, -0.1) is 0 Å². The first kappa shape index (κ1) is 25.8. The number of carbonyl (C=O) groups is 2. The van der Waals surface area contributed by atoms with Gasteiger partial charge in [0.15, 0.2) is 0 Å². The Kier molecular flexibility index (Phi) is 12.4. The Morgan fingerprint density at radius 1 is 0.594 bits per heavy atom. The van der Waals surface area contributed by atoms with Gasteiger partial charge in [-0.1, -0.05) is 73.9 Å². The first-order chi connectivity index (χ1) is 15.5. The molecule has 4 N–H and O–H groups in total. The first-order valence-electron chi connectivity index (χ1n) is 11.1. The molecule has 6 nitrogen and oxygen atoms in total. The summed E-state index contributed by atoms with van der Waals surface area (Å²) >= 11 is 11.8. The van der Waals surface area contributed by atoms with Gasteiger partial charge in [-0.25, -0.2) is 9.59 Å². The lowest BCUT2D eigenvalue weighted by molar-refractivity contribution is 0.251. The second kappa shape index (κ2) is 15.4. The van der Waals surface area contributed by atoms with Crippen molar-refractivity contribution < 1.29 is 9.59 Å². The summed E-state index contributed by atoms with van der Waals surface area (Å²) in [5.74, 6) is 0. The van der Waals surface area contributed by atoms with Gasteiger partial charge < -0.3 is 21.3 Å². The van der Waals surface area contributed by atoms with E-state index in [1.807, 2.05) is 0 Å². The summed E-state index contributed by atoms with van der Waals surface area (Å²) in [4.78, 5) is 23.7. The Labute approximate surface area is 200 Å². The number of unbranched alkanes of at least 4 members (excludes halogenated alkanes) is 7. The van der Waals surface area contributed by atoms with Gasteiger partial charge in [-0.05, 0) is 49.2 Å². The molecule has 0 saturated heterocycles. The molecule has 0 bridgehead atoms. The second-order valence-corrected chi connectivity index (χ2v) is 8.48. The van der Waals surface area contributed by atoms with Gasteiger partial charge in [0, 0.05) is 34.5 Å². The Bertz CT molecular complexity index is 779. The SMILES string of the molecule is O=C(NCCCCCCCCCCNC(=O)Nc1cccc(Cl)c1)Nc1cccc(Cl)c1. The fourth-order valence-electron chi connectivity index (χ4n) is 3.20. The van der Waals surface area contributed by atoms with Crippen molar-refractivity contribution in [2.75, 3.05) is 23.7 Å². The van der Waals surface area contributed by atoms with Gasteiger partial charge in [0.1, 0.15) is 0 Å². The molecule has 174 valence electrons. The normalized spacial score (nSPS) is 10.4. The molecule has 0 aliphatic rings. The summed E-state index contributed by atoms with van der Waals surface area (Å²) in [6.45, 7) is 1.32. The van der Waals surface area contributed by atoms with E-state index < -0.39 is 0 Å². The number of urea groups is 2. The Morgan fingerprint density at radius 3 is 1.34 bits per heavy atom. The standard InChI is InChI=1S/C24H32Cl2N4O2/c25-19-11-9-13-21(17-19)29-23(31)27-15-7-5-3-1-2-4-6-8-16-28-24(32)30-22-14-10-12-20(26)18-22/h9-14,17-18H,1-8,15-16H2,(H2,27,29,31)(H2,28,30,32). The van der Waals surface area contributed by atoms with Crippen LogP contribution in [0.2, 0.25) is 10.0 Å². The quantitative estimate of drug-likeness (QED) is 0.232. The van der Waals surface area contributed by atoms with Crippen LogP contribution in [0.25, 0.3) is 0 Å². The lowest BCUT2D eigenvalue weighted by Crippen LogP contribution is -2.29. The number of hydrogen-bond donors (Lipinski definition) is 4. The van der Waals surface area contributed by atoms with Gasteiger partial charge >= 0.3 is 12.1 Å². The molecule has 4 amide bonds. The number of amides is 4. The van der Waals surface area contributed by atoms with Crippen LogP contribution in [0.1, 0.15) is 51.4 Å². The molecule has 2 aromatic rings. The van der Waals surface area contributed by atoms with Crippen LogP contribution in [0.5, 0.6) is 0 Å². The highest BCUT2D eigenvalue weighted by molar-refractivity contribution is 6.31. The van der Waals surface area contributed by atoms with E-state index in [0.717, 1.165) is 38.5 Å². The molecule has 0 heterocycles. The van der Waals surface area contributed by atoms with Crippen LogP contribution in [-0.2, 0) is 0 Å². The van der Waals surface area contributed by atoms with Gasteiger partial charge in [-0.3, -0.25) is 0 Å². The van der Waals surface area contributed by atoms with Crippen molar-refractivity contribution in [1.29, 1.82) is 0 Å². The Balaban J connectivity index is 1.36. The summed E-state index contributed by atoms with van der Waals surface area (Å²) in [6, 6.07) is 13.8. The molecule has 0 aromatic heterocycles. The van der Waals surface area contributed by atoms with Crippen molar-refractivity contribution in [3.63, 3.8) is 0 Å². The summed E-state index contributed by atoms with van der Waals surface area (Å²) in [6.07, 6.45) is 8.85. The van der Waals surface area contributed by atoms with Crippen LogP contribution in [0.15, 0.2) is 48.5 Å². The number of halogens is 2. The monoisotopic (exact) mass is 478 g/mol. The van der Waals surface area contributed by atoms with Gasteiger partial charge in [0.05, 0.1) is 0 Å². The number of hydrogen-bond acceptors (Lipinski definition) is 2. The molecule has 0 spiro atoms. The minimum absolute atomic E-state index is 0.206. The van der Waals surface area contributed by atoms with E-state index in [-0.39, 0.29) is 12.1 Å². The number of rotatable bonds is 13. The van der Waals surface area contributed by atoms with Crippen molar-refractivity contribution in [2.45, 2.75) is 51.4 Å². The van der Waals surface area contributed by atoms with Crippen LogP contribution in [0.4, 0.5) is 21.0 Å². The fraction of sp³-hybridized carbons (Fsp3) is 0.417. The molecule has 0 saturated carbocycles. The third kappa shape index (κ3) is 11.8. The van der Waals surface area contributed by atoms with Crippen LogP contribution in [0, 0.1) is 0 Å². The van der Waals surface area contributed by atoms with Crippen LogP contribution in [-0.4, -0.2) is 25.2 Å². The van der Waals surface area contributed by atoms with Crippen molar-refractivity contribution in [2.24, 2.45) is 0 Å². The zero-order chi connectivity index (χ0) is 23.0. The van der Waals surface area contributed by atoms with Crippen molar-refractivity contribution in [3.05, 3.63) is 58.6 Å². The minimum atomic E-state index is -0.206. The van der Waals surface area contributed by atoms with E-state index in [0.29, 0.717) is 34.5 Å². The molecule has 2 rings (SSSR count). The lowest BCUT2D eigenvalue weighted by atomic mass is 10.1. The van der Waals surface area contributed by atoms with E-state index in [9.17, 15) is 9.59 Å². The lowest BCUT2D eigenvalue weighted by Gasteiger charge is -2.08. The molecule has 2 aromatic carbocycles. The smallest absolute Gasteiger partial charge is 0.319 e. The predicted molar refractivity (Wildman–Crippen MR) is 134 cm³/mol. The average Bonchev–Trinajstić information content (AvgIpc) is 2.74. The predicted octanol–water partition coefficient (Wildman–Crippen LogP) is 7.06. The molecule has 0 aliphatic heterocycles.